The van der Waals surface area contributed by atoms with E-state index in [0.29, 0.717) is 24.2 Å². The molecule has 0 heterocycles. The van der Waals surface area contributed by atoms with Crippen LogP contribution in [0.5, 0.6) is 0 Å². The van der Waals surface area contributed by atoms with Crippen molar-refractivity contribution in [1.29, 1.82) is 0 Å². The second-order valence-corrected chi connectivity index (χ2v) is 6.34. The van der Waals surface area contributed by atoms with Crippen LogP contribution in [0.4, 0.5) is 11.4 Å². The van der Waals surface area contributed by atoms with Crippen LogP contribution in [0.25, 0.3) is 10.8 Å². The smallest absolute Gasteiger partial charge is 0.228 e. The van der Waals surface area contributed by atoms with Crippen LogP contribution in [0.3, 0.4) is 0 Å². The lowest BCUT2D eigenvalue weighted by molar-refractivity contribution is -0.116. The minimum Gasteiger partial charge on any atom is -0.326 e. The van der Waals surface area contributed by atoms with Crippen LogP contribution in [0.2, 0.25) is 0 Å². The lowest BCUT2D eigenvalue weighted by Crippen LogP contribution is -2.16. The summed E-state index contributed by atoms with van der Waals surface area (Å²) in [7, 11) is 0. The minimum absolute atomic E-state index is 0.0534. The number of hydrogen-bond acceptors (Lipinski definition) is 2. The molecule has 4 nitrogen and oxygen atoms in total. The number of aryl methyl sites for hydroxylation is 1. The van der Waals surface area contributed by atoms with Gasteiger partial charge in [-0.2, -0.15) is 0 Å². The van der Waals surface area contributed by atoms with Gasteiger partial charge in [0, 0.05) is 17.8 Å². The van der Waals surface area contributed by atoms with Crippen LogP contribution in [0, 0.1) is 6.92 Å². The topological polar surface area (TPSA) is 58.2 Å². The van der Waals surface area contributed by atoms with Crippen molar-refractivity contribution in [2.45, 2.75) is 26.7 Å². The van der Waals surface area contributed by atoms with Crippen LogP contribution in [-0.4, -0.2) is 11.8 Å². The lowest BCUT2D eigenvalue weighted by atomic mass is 10.0. The van der Waals surface area contributed by atoms with Crippen molar-refractivity contribution in [1.82, 2.24) is 0 Å². The molecule has 0 bridgehead atoms. The number of benzene rings is 3. The van der Waals surface area contributed by atoms with Gasteiger partial charge in [-0.05, 0) is 41.0 Å². The average molecular weight is 346 g/mol. The Morgan fingerprint density at radius 2 is 1.62 bits per heavy atom. The fourth-order valence-corrected chi connectivity index (χ4v) is 2.81. The minimum atomic E-state index is -0.0812. The van der Waals surface area contributed by atoms with E-state index in [-0.39, 0.29) is 11.8 Å². The first-order chi connectivity index (χ1) is 12.5. The van der Waals surface area contributed by atoms with Crippen LogP contribution in [-0.2, 0) is 16.0 Å². The highest BCUT2D eigenvalue weighted by atomic mass is 16.2. The fourth-order valence-electron chi connectivity index (χ4n) is 2.81. The molecule has 132 valence electrons. The Labute approximate surface area is 153 Å². The first-order valence-corrected chi connectivity index (χ1v) is 8.73. The monoisotopic (exact) mass is 346 g/mol. The molecular formula is C22H22N2O2. The molecule has 0 aliphatic carbocycles. The molecule has 0 spiro atoms. The number of carbonyl (C=O) groups excluding carboxylic acids is 2. The maximum atomic E-state index is 12.5. The number of rotatable bonds is 5. The van der Waals surface area contributed by atoms with Gasteiger partial charge in [-0.1, -0.05) is 55.5 Å². The average Bonchev–Trinajstić information content (AvgIpc) is 2.64. The van der Waals surface area contributed by atoms with Crippen molar-refractivity contribution < 1.29 is 9.59 Å². The molecule has 0 atom stereocenters. The Hall–Kier alpha value is -3.14. The maximum Gasteiger partial charge on any atom is 0.228 e. The molecule has 0 unspecified atom stereocenters. The van der Waals surface area contributed by atoms with E-state index in [1.165, 1.54) is 0 Å². The first-order valence-electron chi connectivity index (χ1n) is 8.73. The summed E-state index contributed by atoms with van der Waals surface area (Å²) in [5.74, 6) is -0.135. The summed E-state index contributed by atoms with van der Waals surface area (Å²) in [5.41, 5.74) is 3.31. The van der Waals surface area contributed by atoms with E-state index in [1.54, 1.807) is 13.0 Å². The molecule has 0 fully saturated rings. The summed E-state index contributed by atoms with van der Waals surface area (Å²) in [5, 5.41) is 8.04. The van der Waals surface area contributed by atoms with E-state index >= 15 is 0 Å². The molecule has 3 aromatic carbocycles. The number of hydrogen-bond donors (Lipinski definition) is 2. The van der Waals surface area contributed by atoms with E-state index in [0.717, 1.165) is 21.9 Å². The van der Waals surface area contributed by atoms with Crippen LogP contribution >= 0.6 is 0 Å². The predicted octanol–water partition coefficient (Wildman–Crippen LogP) is 4.68. The highest BCUT2D eigenvalue weighted by Crippen LogP contribution is 2.21. The zero-order valence-corrected chi connectivity index (χ0v) is 15.0. The van der Waals surface area contributed by atoms with Crippen molar-refractivity contribution in [3.05, 3.63) is 71.8 Å². The summed E-state index contributed by atoms with van der Waals surface area (Å²) < 4.78 is 0. The van der Waals surface area contributed by atoms with Gasteiger partial charge in [-0.25, -0.2) is 0 Å². The zero-order valence-electron chi connectivity index (χ0n) is 15.0. The highest BCUT2D eigenvalue weighted by Gasteiger charge is 2.08. The summed E-state index contributed by atoms with van der Waals surface area (Å²) in [6.45, 7) is 3.73. The van der Waals surface area contributed by atoms with Crippen LogP contribution in [0.15, 0.2) is 60.7 Å². The molecule has 0 saturated heterocycles. The van der Waals surface area contributed by atoms with Gasteiger partial charge >= 0.3 is 0 Å². The summed E-state index contributed by atoms with van der Waals surface area (Å²) in [6.07, 6.45) is 0.716. The Morgan fingerprint density at radius 3 is 2.38 bits per heavy atom. The van der Waals surface area contributed by atoms with E-state index in [4.69, 9.17) is 0 Å². The van der Waals surface area contributed by atoms with E-state index in [1.807, 2.05) is 55.5 Å². The van der Waals surface area contributed by atoms with Gasteiger partial charge < -0.3 is 10.6 Å². The summed E-state index contributed by atoms with van der Waals surface area (Å²) in [6, 6.07) is 19.7. The van der Waals surface area contributed by atoms with Crippen molar-refractivity contribution in [3.63, 3.8) is 0 Å². The summed E-state index contributed by atoms with van der Waals surface area (Å²) in [4.78, 5) is 24.0. The quantitative estimate of drug-likeness (QED) is 0.705. The fraction of sp³-hybridized carbons (Fsp3) is 0.182. The molecule has 0 aliphatic heterocycles. The first kappa shape index (κ1) is 17.7. The summed E-state index contributed by atoms with van der Waals surface area (Å²) >= 11 is 0. The molecular weight excluding hydrogens is 324 g/mol. The van der Waals surface area contributed by atoms with Crippen molar-refractivity contribution in [3.8, 4) is 0 Å². The van der Waals surface area contributed by atoms with E-state index in [9.17, 15) is 9.59 Å². The third-order valence-electron chi connectivity index (χ3n) is 4.30. The molecule has 0 saturated carbocycles. The van der Waals surface area contributed by atoms with Gasteiger partial charge in [-0.3, -0.25) is 9.59 Å². The van der Waals surface area contributed by atoms with E-state index < -0.39 is 0 Å². The lowest BCUT2D eigenvalue weighted by Gasteiger charge is -2.12. The zero-order chi connectivity index (χ0) is 18.5. The number of anilines is 2. The van der Waals surface area contributed by atoms with Gasteiger partial charge in [-0.15, -0.1) is 0 Å². The van der Waals surface area contributed by atoms with Crippen LogP contribution in [0.1, 0.15) is 24.5 Å². The van der Waals surface area contributed by atoms with Gasteiger partial charge in [0.1, 0.15) is 0 Å². The predicted molar refractivity (Wildman–Crippen MR) is 106 cm³/mol. The third-order valence-corrected chi connectivity index (χ3v) is 4.30. The Morgan fingerprint density at radius 1 is 0.846 bits per heavy atom. The Balaban J connectivity index is 1.72. The third kappa shape index (κ3) is 4.28. The second kappa shape index (κ2) is 7.83. The molecule has 2 amide bonds. The van der Waals surface area contributed by atoms with Gasteiger partial charge in [0.05, 0.1) is 6.42 Å². The molecule has 3 rings (SSSR count). The molecule has 2 N–H and O–H groups in total. The normalized spacial score (nSPS) is 10.5. The maximum absolute atomic E-state index is 12.5. The largest absolute Gasteiger partial charge is 0.326 e. The van der Waals surface area contributed by atoms with Gasteiger partial charge in [0.25, 0.3) is 0 Å². The Kier molecular flexibility index (Phi) is 5.32. The number of amides is 2. The molecule has 3 aromatic rings. The molecule has 26 heavy (non-hydrogen) atoms. The van der Waals surface area contributed by atoms with Crippen LogP contribution < -0.4 is 10.6 Å². The van der Waals surface area contributed by atoms with Gasteiger partial charge in [0.15, 0.2) is 0 Å². The van der Waals surface area contributed by atoms with E-state index in [2.05, 4.69) is 16.7 Å². The number of fused-ring (bicyclic) bond motifs is 1. The molecule has 0 radical (unpaired) electrons. The molecule has 0 aliphatic rings. The second-order valence-electron chi connectivity index (χ2n) is 6.34. The molecule has 0 aromatic heterocycles. The highest BCUT2D eigenvalue weighted by molar-refractivity contribution is 5.96. The number of nitrogens with one attached hydrogen (secondary N) is 2. The van der Waals surface area contributed by atoms with Crippen molar-refractivity contribution in [2.24, 2.45) is 0 Å². The number of carbonyl (C=O) groups is 2. The van der Waals surface area contributed by atoms with Crippen molar-refractivity contribution >= 4 is 34.0 Å². The standard InChI is InChI=1S/C22H22N2O2/c1-3-21(25)23-19-11-8-15(2)20(14-19)24-22(26)13-16-9-10-17-6-4-5-7-18(17)12-16/h4-12,14H,3,13H2,1-2H3,(H,23,25)(H,24,26). The SMILES string of the molecule is CCC(=O)Nc1ccc(C)c(NC(=O)Cc2ccc3ccccc3c2)c1. The van der Waals surface area contributed by atoms with Gasteiger partial charge in [0.2, 0.25) is 11.8 Å². The Bertz CT molecular complexity index is 963. The van der Waals surface area contributed by atoms with Crippen molar-refractivity contribution in [2.75, 3.05) is 10.6 Å². The molecule has 4 heteroatoms.